The first kappa shape index (κ1) is 12.9. The summed E-state index contributed by atoms with van der Waals surface area (Å²) in [4.78, 5) is 7.17. The third kappa shape index (κ3) is 3.00. The summed E-state index contributed by atoms with van der Waals surface area (Å²) in [7, 11) is 1.44. The van der Waals surface area contributed by atoms with Gasteiger partial charge in [0.25, 0.3) is 0 Å². The molecule has 1 N–H and O–H groups in total. The van der Waals surface area contributed by atoms with E-state index in [-0.39, 0.29) is 17.9 Å². The largest absolute Gasteiger partial charge is 0.472 e. The summed E-state index contributed by atoms with van der Waals surface area (Å²) in [6, 6.07) is 0.791. The van der Waals surface area contributed by atoms with Crippen LogP contribution < -0.4 is 10.1 Å². The zero-order valence-corrected chi connectivity index (χ0v) is 9.62. The van der Waals surface area contributed by atoms with Crippen LogP contribution in [0.5, 0.6) is 5.88 Å². The average Bonchev–Trinajstić information content (AvgIpc) is 2.80. The molecule has 8 heteroatoms. The topological polar surface area (TPSA) is 56.3 Å². The third-order valence-corrected chi connectivity index (χ3v) is 2.39. The fourth-order valence-electron chi connectivity index (χ4n) is 1.52. The Kier molecular flexibility index (Phi) is 3.55. The summed E-state index contributed by atoms with van der Waals surface area (Å²) < 4.78 is 48.2. The quantitative estimate of drug-likeness (QED) is 0.899. The van der Waals surface area contributed by atoms with Gasteiger partial charge in [0, 0.05) is 19.5 Å². The molecule has 1 aromatic heterocycles. The Bertz CT molecular complexity index is 419. The Labute approximate surface area is 101 Å². The van der Waals surface area contributed by atoms with Crippen molar-refractivity contribution in [2.75, 3.05) is 25.6 Å². The van der Waals surface area contributed by atoms with Gasteiger partial charge >= 0.3 is 6.18 Å². The van der Waals surface area contributed by atoms with Gasteiger partial charge in [0.2, 0.25) is 11.8 Å². The maximum atomic E-state index is 12.6. The Hall–Kier alpha value is -1.57. The van der Waals surface area contributed by atoms with E-state index in [9.17, 15) is 13.2 Å². The molecule has 0 spiro atoms. The van der Waals surface area contributed by atoms with E-state index in [0.29, 0.717) is 19.6 Å². The number of hydrogen-bond acceptors (Lipinski definition) is 5. The Morgan fingerprint density at radius 1 is 1.44 bits per heavy atom. The Balaban J connectivity index is 2.23. The number of rotatable bonds is 3. The van der Waals surface area contributed by atoms with Crippen molar-refractivity contribution in [2.45, 2.75) is 18.7 Å². The number of nitrogens with zero attached hydrogens (tertiary/aromatic N) is 2. The van der Waals surface area contributed by atoms with Crippen LogP contribution in [0.4, 0.5) is 19.1 Å². The molecule has 1 unspecified atom stereocenters. The van der Waals surface area contributed by atoms with Gasteiger partial charge in [0.05, 0.1) is 13.2 Å². The molecule has 18 heavy (non-hydrogen) atoms. The summed E-state index contributed by atoms with van der Waals surface area (Å²) in [6.45, 7) is 0.904. The second-order valence-electron chi connectivity index (χ2n) is 3.77. The van der Waals surface area contributed by atoms with Gasteiger partial charge < -0.3 is 14.8 Å². The molecule has 1 aliphatic heterocycles. The molecule has 0 bridgehead atoms. The monoisotopic (exact) mass is 263 g/mol. The van der Waals surface area contributed by atoms with Crippen LogP contribution in [-0.2, 0) is 10.9 Å². The van der Waals surface area contributed by atoms with Crippen molar-refractivity contribution in [3.63, 3.8) is 0 Å². The molecule has 1 atom stereocenters. The molecular formula is C10H12F3N3O2. The summed E-state index contributed by atoms with van der Waals surface area (Å²) in [5, 5.41) is 2.47. The molecule has 0 amide bonds. The predicted octanol–water partition coefficient (Wildman–Crippen LogP) is 1.70. The van der Waals surface area contributed by atoms with Crippen LogP contribution in [0.3, 0.4) is 0 Å². The molecule has 1 saturated heterocycles. The highest BCUT2D eigenvalue weighted by Gasteiger charge is 2.34. The fraction of sp³-hybridized carbons (Fsp3) is 0.600. The van der Waals surface area contributed by atoms with E-state index in [1.54, 1.807) is 0 Å². The minimum absolute atomic E-state index is 0.0998. The van der Waals surface area contributed by atoms with E-state index in [0.717, 1.165) is 6.07 Å². The molecule has 5 nitrogen and oxygen atoms in total. The maximum Gasteiger partial charge on any atom is 0.433 e. The summed E-state index contributed by atoms with van der Waals surface area (Å²) in [5.74, 6) is -0.226. The third-order valence-electron chi connectivity index (χ3n) is 2.39. The van der Waals surface area contributed by atoms with E-state index in [2.05, 4.69) is 15.3 Å². The predicted molar refractivity (Wildman–Crippen MR) is 56.4 cm³/mol. The van der Waals surface area contributed by atoms with E-state index >= 15 is 0 Å². The van der Waals surface area contributed by atoms with Crippen LogP contribution in [0, 0.1) is 0 Å². The maximum absolute atomic E-state index is 12.6. The lowest BCUT2D eigenvalue weighted by atomic mass is 10.3. The van der Waals surface area contributed by atoms with Crippen LogP contribution >= 0.6 is 0 Å². The van der Waals surface area contributed by atoms with Crippen molar-refractivity contribution in [3.05, 3.63) is 11.8 Å². The molecule has 2 rings (SSSR count). The van der Waals surface area contributed by atoms with Crippen molar-refractivity contribution >= 4 is 5.95 Å². The number of aromatic nitrogens is 2. The molecule has 1 fully saturated rings. The number of nitrogens with one attached hydrogen (secondary N) is 1. The van der Waals surface area contributed by atoms with E-state index in [4.69, 9.17) is 9.47 Å². The van der Waals surface area contributed by atoms with E-state index in [1.165, 1.54) is 7.05 Å². The smallest absolute Gasteiger partial charge is 0.433 e. The lowest BCUT2D eigenvalue weighted by Gasteiger charge is -2.13. The fourth-order valence-corrected chi connectivity index (χ4v) is 1.52. The normalized spacial score (nSPS) is 19.9. The van der Waals surface area contributed by atoms with Gasteiger partial charge in [-0.15, -0.1) is 0 Å². The highest BCUT2D eigenvalue weighted by atomic mass is 19.4. The Morgan fingerprint density at radius 3 is 2.78 bits per heavy atom. The summed E-state index contributed by atoms with van der Waals surface area (Å²) in [6.07, 6.45) is -4.15. The highest BCUT2D eigenvalue weighted by molar-refractivity contribution is 5.31. The van der Waals surface area contributed by atoms with Crippen LogP contribution in [0.25, 0.3) is 0 Å². The molecule has 1 aromatic rings. The molecular weight excluding hydrogens is 251 g/mol. The van der Waals surface area contributed by atoms with E-state index < -0.39 is 11.9 Å². The summed E-state index contributed by atoms with van der Waals surface area (Å²) in [5.41, 5.74) is -1.03. The van der Waals surface area contributed by atoms with Gasteiger partial charge in [-0.1, -0.05) is 0 Å². The van der Waals surface area contributed by atoms with Gasteiger partial charge in [0.15, 0.2) is 5.69 Å². The molecule has 100 valence electrons. The number of ether oxygens (including phenoxy) is 2. The van der Waals surface area contributed by atoms with Crippen molar-refractivity contribution in [1.29, 1.82) is 0 Å². The lowest BCUT2D eigenvalue weighted by molar-refractivity contribution is -0.141. The standard InChI is InChI=1S/C10H12F3N3O2/c1-14-9-15-7(10(11,12)13)4-8(16-9)18-6-2-3-17-5-6/h4,6H,2-3,5H2,1H3,(H,14,15,16). The van der Waals surface area contributed by atoms with Gasteiger partial charge in [-0.3, -0.25) is 0 Å². The zero-order chi connectivity index (χ0) is 13.2. The number of anilines is 1. The molecule has 0 radical (unpaired) electrons. The van der Waals surface area contributed by atoms with Crippen molar-refractivity contribution < 1.29 is 22.6 Å². The Morgan fingerprint density at radius 2 is 2.22 bits per heavy atom. The van der Waals surface area contributed by atoms with Crippen molar-refractivity contribution in [2.24, 2.45) is 0 Å². The van der Waals surface area contributed by atoms with Crippen LogP contribution in [-0.4, -0.2) is 36.3 Å². The second kappa shape index (κ2) is 4.97. The van der Waals surface area contributed by atoms with Crippen LogP contribution in [0.15, 0.2) is 6.07 Å². The number of halogens is 3. The number of alkyl halides is 3. The van der Waals surface area contributed by atoms with Crippen molar-refractivity contribution in [3.8, 4) is 5.88 Å². The zero-order valence-electron chi connectivity index (χ0n) is 9.62. The SMILES string of the molecule is CNc1nc(OC2CCOC2)cc(C(F)(F)F)n1. The first-order valence-corrected chi connectivity index (χ1v) is 5.37. The minimum Gasteiger partial charge on any atom is -0.472 e. The highest BCUT2D eigenvalue weighted by Crippen LogP contribution is 2.30. The van der Waals surface area contributed by atoms with Gasteiger partial charge in [0.1, 0.15) is 6.10 Å². The second-order valence-corrected chi connectivity index (χ2v) is 3.77. The van der Waals surface area contributed by atoms with Crippen LogP contribution in [0.2, 0.25) is 0 Å². The molecule has 0 saturated carbocycles. The summed E-state index contributed by atoms with van der Waals surface area (Å²) >= 11 is 0. The average molecular weight is 263 g/mol. The van der Waals surface area contributed by atoms with Crippen LogP contribution in [0.1, 0.15) is 12.1 Å². The minimum atomic E-state index is -4.53. The van der Waals surface area contributed by atoms with E-state index in [1.807, 2.05) is 0 Å². The first-order valence-electron chi connectivity index (χ1n) is 5.37. The molecule has 0 aromatic carbocycles. The molecule has 1 aliphatic rings. The number of hydrogen-bond donors (Lipinski definition) is 1. The molecule has 0 aliphatic carbocycles. The van der Waals surface area contributed by atoms with Gasteiger partial charge in [-0.05, 0) is 0 Å². The lowest BCUT2D eigenvalue weighted by Crippen LogP contribution is -2.18. The van der Waals surface area contributed by atoms with Gasteiger partial charge in [-0.25, -0.2) is 4.98 Å². The molecule has 2 heterocycles. The first-order chi connectivity index (χ1) is 8.49. The van der Waals surface area contributed by atoms with Crippen molar-refractivity contribution in [1.82, 2.24) is 9.97 Å². The van der Waals surface area contributed by atoms with Gasteiger partial charge in [-0.2, -0.15) is 18.2 Å².